The van der Waals surface area contributed by atoms with Crippen LogP contribution in [0, 0.1) is 6.92 Å². The molecule has 0 radical (unpaired) electrons. The number of rotatable bonds is 7. The van der Waals surface area contributed by atoms with E-state index in [0.29, 0.717) is 0 Å². The van der Waals surface area contributed by atoms with Crippen molar-refractivity contribution >= 4 is 11.3 Å². The van der Waals surface area contributed by atoms with Gasteiger partial charge >= 0.3 is 0 Å². The van der Waals surface area contributed by atoms with E-state index in [2.05, 4.69) is 24.0 Å². The fourth-order valence-corrected chi connectivity index (χ4v) is 2.85. The van der Waals surface area contributed by atoms with Crippen molar-refractivity contribution in [1.82, 2.24) is 4.90 Å². The summed E-state index contributed by atoms with van der Waals surface area (Å²) >= 11 is 1.83. The highest BCUT2D eigenvalue weighted by Crippen LogP contribution is 2.18. The average Bonchev–Trinajstić information content (AvgIpc) is 2.98. The van der Waals surface area contributed by atoms with Crippen LogP contribution in [-0.4, -0.2) is 23.2 Å². The number of aliphatic hydroxyl groups excluding tert-OH is 1. The molecule has 0 saturated heterocycles. The van der Waals surface area contributed by atoms with Crippen LogP contribution in [0.3, 0.4) is 0 Å². The standard InChI is InChI=1S/C14H19NO2S/c1-12-5-6-14(18-12)11-15(7-3-8-16)10-13-4-2-9-17-13/h2,4-6,9,16H,3,7-8,10-11H2,1H3. The van der Waals surface area contributed by atoms with Gasteiger partial charge in [-0.25, -0.2) is 0 Å². The summed E-state index contributed by atoms with van der Waals surface area (Å²) in [6.07, 6.45) is 2.50. The molecule has 0 amide bonds. The van der Waals surface area contributed by atoms with E-state index >= 15 is 0 Å². The molecule has 0 aliphatic rings. The lowest BCUT2D eigenvalue weighted by atomic mass is 10.3. The molecule has 2 aromatic heterocycles. The van der Waals surface area contributed by atoms with Crippen molar-refractivity contribution in [2.45, 2.75) is 26.4 Å². The van der Waals surface area contributed by atoms with Crippen molar-refractivity contribution in [2.75, 3.05) is 13.2 Å². The zero-order valence-corrected chi connectivity index (χ0v) is 11.4. The number of hydrogen-bond acceptors (Lipinski definition) is 4. The maximum absolute atomic E-state index is 8.96. The predicted molar refractivity (Wildman–Crippen MR) is 73.6 cm³/mol. The Hall–Kier alpha value is -1.10. The maximum Gasteiger partial charge on any atom is 0.117 e. The number of aryl methyl sites for hydroxylation is 1. The number of furan rings is 1. The quantitative estimate of drug-likeness (QED) is 0.836. The predicted octanol–water partition coefficient (Wildman–Crippen LogP) is 3.03. The monoisotopic (exact) mass is 265 g/mol. The van der Waals surface area contributed by atoms with Crippen molar-refractivity contribution in [1.29, 1.82) is 0 Å². The van der Waals surface area contributed by atoms with Crippen LogP contribution in [0.25, 0.3) is 0 Å². The summed E-state index contributed by atoms with van der Waals surface area (Å²) in [6.45, 7) is 4.95. The SMILES string of the molecule is Cc1ccc(CN(CCCO)Cc2ccco2)s1. The largest absolute Gasteiger partial charge is 0.468 e. The molecule has 0 saturated carbocycles. The summed E-state index contributed by atoms with van der Waals surface area (Å²) in [5.41, 5.74) is 0. The summed E-state index contributed by atoms with van der Waals surface area (Å²) in [4.78, 5) is 5.00. The molecule has 1 N–H and O–H groups in total. The van der Waals surface area contributed by atoms with Gasteiger partial charge in [0, 0.05) is 29.5 Å². The first-order valence-electron chi connectivity index (χ1n) is 6.19. The molecular formula is C14H19NO2S. The first kappa shape index (κ1) is 13.3. The van der Waals surface area contributed by atoms with E-state index in [0.717, 1.165) is 31.8 Å². The van der Waals surface area contributed by atoms with Gasteiger partial charge in [0.05, 0.1) is 12.8 Å². The highest BCUT2D eigenvalue weighted by Gasteiger charge is 2.09. The van der Waals surface area contributed by atoms with E-state index in [4.69, 9.17) is 9.52 Å². The Morgan fingerprint density at radius 1 is 1.28 bits per heavy atom. The average molecular weight is 265 g/mol. The summed E-state index contributed by atoms with van der Waals surface area (Å²) < 4.78 is 5.39. The van der Waals surface area contributed by atoms with Gasteiger partial charge in [0.1, 0.15) is 5.76 Å². The first-order valence-corrected chi connectivity index (χ1v) is 7.00. The zero-order valence-electron chi connectivity index (χ0n) is 10.6. The third-order valence-corrected chi connectivity index (χ3v) is 3.75. The van der Waals surface area contributed by atoms with Gasteiger partial charge < -0.3 is 9.52 Å². The van der Waals surface area contributed by atoms with E-state index in [-0.39, 0.29) is 6.61 Å². The molecule has 0 aromatic carbocycles. The number of aliphatic hydroxyl groups is 1. The molecular weight excluding hydrogens is 246 g/mol. The lowest BCUT2D eigenvalue weighted by Gasteiger charge is -2.19. The Bertz CT molecular complexity index is 450. The second-order valence-corrected chi connectivity index (χ2v) is 5.75. The second kappa shape index (κ2) is 6.73. The van der Waals surface area contributed by atoms with Crippen molar-refractivity contribution in [2.24, 2.45) is 0 Å². The minimum Gasteiger partial charge on any atom is -0.468 e. The Labute approximate surface area is 112 Å². The van der Waals surface area contributed by atoms with Gasteiger partial charge in [-0.3, -0.25) is 4.90 Å². The van der Waals surface area contributed by atoms with Crippen LogP contribution < -0.4 is 0 Å². The lowest BCUT2D eigenvalue weighted by Crippen LogP contribution is -2.24. The first-order chi connectivity index (χ1) is 8.78. The van der Waals surface area contributed by atoms with E-state index in [1.165, 1.54) is 9.75 Å². The molecule has 0 spiro atoms. The van der Waals surface area contributed by atoms with Gasteiger partial charge in [-0.05, 0) is 37.6 Å². The Morgan fingerprint density at radius 2 is 2.17 bits per heavy atom. The summed E-state index contributed by atoms with van der Waals surface area (Å²) in [5, 5.41) is 8.96. The van der Waals surface area contributed by atoms with Crippen molar-refractivity contribution in [3.8, 4) is 0 Å². The summed E-state index contributed by atoms with van der Waals surface area (Å²) in [5.74, 6) is 0.973. The molecule has 4 heteroatoms. The van der Waals surface area contributed by atoms with Gasteiger partial charge in [-0.15, -0.1) is 11.3 Å². The van der Waals surface area contributed by atoms with Crippen molar-refractivity contribution in [3.05, 3.63) is 46.0 Å². The van der Waals surface area contributed by atoms with Crippen molar-refractivity contribution < 1.29 is 9.52 Å². The molecule has 18 heavy (non-hydrogen) atoms. The van der Waals surface area contributed by atoms with E-state index in [9.17, 15) is 0 Å². The van der Waals surface area contributed by atoms with Gasteiger partial charge in [0.25, 0.3) is 0 Å². The van der Waals surface area contributed by atoms with Gasteiger partial charge in [0.15, 0.2) is 0 Å². The molecule has 2 rings (SSSR count). The van der Waals surface area contributed by atoms with Crippen molar-refractivity contribution in [3.63, 3.8) is 0 Å². The summed E-state index contributed by atoms with van der Waals surface area (Å²) in [7, 11) is 0. The molecule has 2 heterocycles. The lowest BCUT2D eigenvalue weighted by molar-refractivity contribution is 0.202. The fourth-order valence-electron chi connectivity index (χ4n) is 1.92. The van der Waals surface area contributed by atoms with Gasteiger partial charge in [-0.1, -0.05) is 0 Å². The van der Waals surface area contributed by atoms with Crippen LogP contribution in [0.15, 0.2) is 34.9 Å². The Kier molecular flexibility index (Phi) is 4.99. The smallest absolute Gasteiger partial charge is 0.117 e. The molecule has 0 atom stereocenters. The van der Waals surface area contributed by atoms with E-state index in [1.54, 1.807) is 6.26 Å². The molecule has 3 nitrogen and oxygen atoms in total. The minimum atomic E-state index is 0.234. The van der Waals surface area contributed by atoms with E-state index in [1.807, 2.05) is 23.5 Å². The van der Waals surface area contributed by atoms with Crippen LogP contribution >= 0.6 is 11.3 Å². The molecule has 0 aliphatic heterocycles. The highest BCUT2D eigenvalue weighted by molar-refractivity contribution is 7.11. The van der Waals surface area contributed by atoms with Crippen LogP contribution in [0.1, 0.15) is 21.9 Å². The molecule has 0 bridgehead atoms. The van der Waals surface area contributed by atoms with Gasteiger partial charge in [-0.2, -0.15) is 0 Å². The van der Waals surface area contributed by atoms with Crippen LogP contribution in [0.2, 0.25) is 0 Å². The third-order valence-electron chi connectivity index (χ3n) is 2.77. The molecule has 0 aliphatic carbocycles. The zero-order chi connectivity index (χ0) is 12.8. The van der Waals surface area contributed by atoms with Gasteiger partial charge in [0.2, 0.25) is 0 Å². The van der Waals surface area contributed by atoms with Crippen LogP contribution in [0.5, 0.6) is 0 Å². The maximum atomic E-state index is 8.96. The normalized spacial score (nSPS) is 11.3. The second-order valence-electron chi connectivity index (χ2n) is 4.38. The minimum absolute atomic E-state index is 0.234. The highest BCUT2D eigenvalue weighted by atomic mass is 32.1. The third kappa shape index (κ3) is 3.98. The number of thiophene rings is 1. The Balaban J connectivity index is 1.95. The molecule has 98 valence electrons. The molecule has 0 fully saturated rings. The number of hydrogen-bond donors (Lipinski definition) is 1. The molecule has 2 aromatic rings. The number of nitrogens with zero attached hydrogens (tertiary/aromatic N) is 1. The Morgan fingerprint density at radius 3 is 2.78 bits per heavy atom. The molecule has 0 unspecified atom stereocenters. The summed E-state index contributed by atoms with van der Waals surface area (Å²) in [6, 6.07) is 8.23. The fraction of sp³-hybridized carbons (Fsp3) is 0.429. The topological polar surface area (TPSA) is 36.6 Å². The van der Waals surface area contributed by atoms with E-state index < -0.39 is 0 Å². The van der Waals surface area contributed by atoms with Crippen LogP contribution in [-0.2, 0) is 13.1 Å². The van der Waals surface area contributed by atoms with Crippen LogP contribution in [0.4, 0.5) is 0 Å².